The lowest BCUT2D eigenvalue weighted by Crippen LogP contribution is -2.25. The SMILES string of the molecule is CNCc1cnc(OCCN2CCCC2)cn1. The Kier molecular flexibility index (Phi) is 4.70. The Bertz CT molecular complexity index is 322. The summed E-state index contributed by atoms with van der Waals surface area (Å²) in [7, 11) is 1.89. The van der Waals surface area contributed by atoms with Gasteiger partial charge in [0.25, 0.3) is 0 Å². The molecule has 0 saturated carbocycles. The molecule has 0 amide bonds. The summed E-state index contributed by atoms with van der Waals surface area (Å²) in [4.78, 5) is 10.9. The number of rotatable bonds is 6. The number of nitrogens with one attached hydrogen (secondary N) is 1. The summed E-state index contributed by atoms with van der Waals surface area (Å²) in [5.41, 5.74) is 0.930. The van der Waals surface area contributed by atoms with Gasteiger partial charge in [0.05, 0.1) is 18.1 Å². The number of hydrogen-bond donors (Lipinski definition) is 1. The van der Waals surface area contributed by atoms with Crippen LogP contribution in [0.1, 0.15) is 18.5 Å². The Morgan fingerprint density at radius 2 is 2.12 bits per heavy atom. The van der Waals surface area contributed by atoms with Crippen LogP contribution in [-0.2, 0) is 6.54 Å². The fraction of sp³-hybridized carbons (Fsp3) is 0.667. The third-order valence-corrected chi connectivity index (χ3v) is 2.90. The molecule has 1 fully saturated rings. The van der Waals surface area contributed by atoms with Gasteiger partial charge in [-0.1, -0.05) is 0 Å². The van der Waals surface area contributed by atoms with Crippen molar-refractivity contribution >= 4 is 0 Å². The van der Waals surface area contributed by atoms with Gasteiger partial charge in [-0.15, -0.1) is 0 Å². The van der Waals surface area contributed by atoms with Crippen molar-refractivity contribution in [2.75, 3.05) is 33.3 Å². The van der Waals surface area contributed by atoms with Crippen molar-refractivity contribution in [2.24, 2.45) is 0 Å². The molecular weight excluding hydrogens is 216 g/mol. The van der Waals surface area contributed by atoms with E-state index in [4.69, 9.17) is 4.74 Å². The topological polar surface area (TPSA) is 50.3 Å². The molecule has 0 aliphatic carbocycles. The summed E-state index contributed by atoms with van der Waals surface area (Å²) >= 11 is 0. The van der Waals surface area contributed by atoms with Crippen LogP contribution in [0.15, 0.2) is 12.4 Å². The summed E-state index contributed by atoms with van der Waals surface area (Å²) in [6, 6.07) is 0. The molecule has 0 unspecified atom stereocenters. The van der Waals surface area contributed by atoms with Crippen molar-refractivity contribution < 1.29 is 4.74 Å². The average Bonchev–Trinajstić information content (AvgIpc) is 2.85. The van der Waals surface area contributed by atoms with Crippen LogP contribution in [0.4, 0.5) is 0 Å². The Balaban J connectivity index is 1.70. The molecule has 1 aromatic rings. The number of hydrogen-bond acceptors (Lipinski definition) is 5. The van der Waals surface area contributed by atoms with Gasteiger partial charge in [-0.05, 0) is 33.0 Å². The number of aromatic nitrogens is 2. The van der Waals surface area contributed by atoms with Crippen LogP contribution < -0.4 is 10.1 Å². The second-order valence-electron chi connectivity index (χ2n) is 4.27. The number of ether oxygens (including phenoxy) is 1. The van der Waals surface area contributed by atoms with E-state index in [1.807, 2.05) is 7.05 Å². The summed E-state index contributed by atoms with van der Waals surface area (Å²) in [6.45, 7) is 4.83. The standard InChI is InChI=1S/C12H20N4O/c1-13-8-11-9-15-12(10-14-11)17-7-6-16-4-2-3-5-16/h9-10,13H,2-8H2,1H3. The molecule has 0 spiro atoms. The van der Waals surface area contributed by atoms with Crippen LogP contribution in [-0.4, -0.2) is 48.2 Å². The normalized spacial score (nSPS) is 16.3. The highest BCUT2D eigenvalue weighted by Gasteiger charge is 2.10. The smallest absolute Gasteiger partial charge is 0.232 e. The summed E-state index contributed by atoms with van der Waals surface area (Å²) in [5.74, 6) is 0.615. The van der Waals surface area contributed by atoms with E-state index < -0.39 is 0 Å². The maximum absolute atomic E-state index is 5.57. The molecule has 5 heteroatoms. The molecular formula is C12H20N4O. The third kappa shape index (κ3) is 3.94. The minimum atomic E-state index is 0.615. The van der Waals surface area contributed by atoms with E-state index in [0.29, 0.717) is 12.5 Å². The van der Waals surface area contributed by atoms with Crippen LogP contribution in [0.25, 0.3) is 0 Å². The van der Waals surface area contributed by atoms with E-state index in [0.717, 1.165) is 18.8 Å². The minimum Gasteiger partial charge on any atom is -0.475 e. The second kappa shape index (κ2) is 6.51. The molecule has 1 aliphatic heterocycles. The fourth-order valence-electron chi connectivity index (χ4n) is 1.98. The van der Waals surface area contributed by atoms with Crippen LogP contribution in [0.3, 0.4) is 0 Å². The van der Waals surface area contributed by atoms with Gasteiger partial charge >= 0.3 is 0 Å². The molecule has 0 atom stereocenters. The van der Waals surface area contributed by atoms with Gasteiger partial charge in [-0.25, -0.2) is 4.98 Å². The highest BCUT2D eigenvalue weighted by atomic mass is 16.5. The molecule has 2 heterocycles. The van der Waals surface area contributed by atoms with Crippen LogP contribution in [0.5, 0.6) is 5.88 Å². The molecule has 1 saturated heterocycles. The van der Waals surface area contributed by atoms with Crippen molar-refractivity contribution in [3.63, 3.8) is 0 Å². The molecule has 1 N–H and O–H groups in total. The first-order chi connectivity index (χ1) is 8.38. The largest absolute Gasteiger partial charge is 0.475 e. The molecule has 0 bridgehead atoms. The Morgan fingerprint density at radius 1 is 1.29 bits per heavy atom. The monoisotopic (exact) mass is 236 g/mol. The molecule has 2 rings (SSSR count). The third-order valence-electron chi connectivity index (χ3n) is 2.90. The van der Waals surface area contributed by atoms with E-state index in [1.54, 1.807) is 12.4 Å². The Morgan fingerprint density at radius 3 is 2.76 bits per heavy atom. The van der Waals surface area contributed by atoms with Crippen LogP contribution in [0, 0.1) is 0 Å². The zero-order valence-corrected chi connectivity index (χ0v) is 10.4. The van der Waals surface area contributed by atoms with Crippen molar-refractivity contribution in [3.05, 3.63) is 18.1 Å². The van der Waals surface area contributed by atoms with Gasteiger partial charge in [0.1, 0.15) is 6.61 Å². The van der Waals surface area contributed by atoms with Crippen molar-refractivity contribution in [1.82, 2.24) is 20.2 Å². The lowest BCUT2D eigenvalue weighted by atomic mass is 10.4. The van der Waals surface area contributed by atoms with E-state index in [1.165, 1.54) is 25.9 Å². The van der Waals surface area contributed by atoms with Gasteiger partial charge in [-0.3, -0.25) is 9.88 Å². The first-order valence-electron chi connectivity index (χ1n) is 6.19. The predicted molar refractivity (Wildman–Crippen MR) is 66.0 cm³/mol. The first kappa shape index (κ1) is 12.3. The van der Waals surface area contributed by atoms with Gasteiger partial charge in [0.2, 0.25) is 5.88 Å². The quantitative estimate of drug-likeness (QED) is 0.787. The molecule has 5 nitrogen and oxygen atoms in total. The highest BCUT2D eigenvalue weighted by molar-refractivity contribution is 5.07. The molecule has 1 aliphatic rings. The van der Waals surface area contributed by atoms with Crippen LogP contribution >= 0.6 is 0 Å². The zero-order valence-electron chi connectivity index (χ0n) is 10.4. The summed E-state index contributed by atoms with van der Waals surface area (Å²) in [5, 5.41) is 3.03. The van der Waals surface area contributed by atoms with Gasteiger partial charge in [0, 0.05) is 13.1 Å². The van der Waals surface area contributed by atoms with E-state index in [9.17, 15) is 0 Å². The molecule has 1 aromatic heterocycles. The zero-order chi connectivity index (χ0) is 11.9. The lowest BCUT2D eigenvalue weighted by molar-refractivity contribution is 0.231. The Hall–Kier alpha value is -1.20. The second-order valence-corrected chi connectivity index (χ2v) is 4.27. The average molecular weight is 236 g/mol. The van der Waals surface area contributed by atoms with E-state index in [2.05, 4.69) is 20.2 Å². The molecule has 94 valence electrons. The molecule has 0 aromatic carbocycles. The minimum absolute atomic E-state index is 0.615. The summed E-state index contributed by atoms with van der Waals surface area (Å²) in [6.07, 6.45) is 6.08. The van der Waals surface area contributed by atoms with Gasteiger partial charge < -0.3 is 10.1 Å². The van der Waals surface area contributed by atoms with E-state index in [-0.39, 0.29) is 0 Å². The van der Waals surface area contributed by atoms with Crippen molar-refractivity contribution in [1.29, 1.82) is 0 Å². The fourth-order valence-corrected chi connectivity index (χ4v) is 1.98. The van der Waals surface area contributed by atoms with E-state index >= 15 is 0 Å². The highest BCUT2D eigenvalue weighted by Crippen LogP contribution is 2.08. The first-order valence-corrected chi connectivity index (χ1v) is 6.19. The van der Waals surface area contributed by atoms with Crippen LogP contribution in [0.2, 0.25) is 0 Å². The predicted octanol–water partition coefficient (Wildman–Crippen LogP) is 0.671. The van der Waals surface area contributed by atoms with Gasteiger partial charge in [0.15, 0.2) is 0 Å². The Labute approximate surface area is 102 Å². The van der Waals surface area contributed by atoms with Crippen molar-refractivity contribution in [3.8, 4) is 5.88 Å². The number of likely N-dealkylation sites (tertiary alicyclic amines) is 1. The maximum Gasteiger partial charge on any atom is 0.232 e. The molecule has 17 heavy (non-hydrogen) atoms. The van der Waals surface area contributed by atoms with Gasteiger partial charge in [-0.2, -0.15) is 0 Å². The molecule has 0 radical (unpaired) electrons. The number of nitrogens with zero attached hydrogens (tertiary/aromatic N) is 3. The van der Waals surface area contributed by atoms with Crippen molar-refractivity contribution in [2.45, 2.75) is 19.4 Å². The lowest BCUT2D eigenvalue weighted by Gasteiger charge is -2.14. The maximum atomic E-state index is 5.57. The summed E-state index contributed by atoms with van der Waals surface area (Å²) < 4.78 is 5.57.